The van der Waals surface area contributed by atoms with Crippen molar-refractivity contribution in [3.05, 3.63) is 0 Å². The summed E-state index contributed by atoms with van der Waals surface area (Å²) in [4.78, 5) is 23.0. The lowest BCUT2D eigenvalue weighted by molar-refractivity contribution is -0.148. The van der Waals surface area contributed by atoms with Gasteiger partial charge in [0.2, 0.25) is 0 Å². The Morgan fingerprint density at radius 1 is 1.28 bits per heavy atom. The maximum Gasteiger partial charge on any atom is 0.315 e. The normalized spacial score (nSPS) is 18.4. The minimum Gasteiger partial charge on any atom is -0.481 e. The highest BCUT2D eigenvalue weighted by Gasteiger charge is 2.41. The number of rotatable bonds is 5. The Hall–Kier alpha value is -1.26. The van der Waals surface area contributed by atoms with Crippen molar-refractivity contribution in [1.29, 1.82) is 0 Å². The maximum atomic E-state index is 11.7. The number of carbonyl (C=O) groups is 2. The molecule has 5 nitrogen and oxygen atoms in total. The first-order valence-corrected chi connectivity index (χ1v) is 6.61. The standard InChI is InChI=1S/C13H24N2O3/c1-4-12(2,3)15-11(18)14-9-13(10(16)17)7-5-6-8-13/h4-9H2,1-3H3,(H,16,17)(H2,14,15,18). The zero-order valence-corrected chi connectivity index (χ0v) is 11.5. The number of aliphatic carboxylic acids is 1. The summed E-state index contributed by atoms with van der Waals surface area (Å²) in [6, 6.07) is -0.283. The molecular formula is C13H24N2O3. The van der Waals surface area contributed by atoms with E-state index >= 15 is 0 Å². The van der Waals surface area contributed by atoms with E-state index in [1.807, 2.05) is 20.8 Å². The first-order valence-electron chi connectivity index (χ1n) is 6.61. The van der Waals surface area contributed by atoms with Crippen LogP contribution in [0.15, 0.2) is 0 Å². The van der Waals surface area contributed by atoms with E-state index in [4.69, 9.17) is 0 Å². The first-order chi connectivity index (χ1) is 8.31. The molecule has 1 rings (SSSR count). The van der Waals surface area contributed by atoms with Crippen LogP contribution in [0.4, 0.5) is 4.79 Å². The summed E-state index contributed by atoms with van der Waals surface area (Å²) < 4.78 is 0. The molecule has 0 heterocycles. The van der Waals surface area contributed by atoms with E-state index in [9.17, 15) is 14.7 Å². The van der Waals surface area contributed by atoms with Crippen LogP contribution in [0.1, 0.15) is 52.9 Å². The first kappa shape index (κ1) is 14.8. The molecule has 104 valence electrons. The molecule has 2 amide bonds. The van der Waals surface area contributed by atoms with Crippen LogP contribution in [0.25, 0.3) is 0 Å². The van der Waals surface area contributed by atoms with Gasteiger partial charge in [0.05, 0.1) is 5.41 Å². The lowest BCUT2D eigenvalue weighted by atomic mass is 9.86. The van der Waals surface area contributed by atoms with Crippen LogP contribution in [0.5, 0.6) is 0 Å². The molecule has 1 aliphatic rings. The van der Waals surface area contributed by atoms with E-state index in [0.717, 1.165) is 19.3 Å². The van der Waals surface area contributed by atoms with Gasteiger partial charge >= 0.3 is 12.0 Å². The van der Waals surface area contributed by atoms with Gasteiger partial charge in [-0.05, 0) is 33.1 Å². The van der Waals surface area contributed by atoms with Gasteiger partial charge in [-0.1, -0.05) is 19.8 Å². The molecule has 0 bridgehead atoms. The number of carbonyl (C=O) groups excluding carboxylic acids is 1. The zero-order valence-electron chi connectivity index (χ0n) is 11.5. The summed E-state index contributed by atoms with van der Waals surface area (Å²) >= 11 is 0. The van der Waals surface area contributed by atoms with Gasteiger partial charge in [-0.15, -0.1) is 0 Å². The van der Waals surface area contributed by atoms with Crippen molar-refractivity contribution in [1.82, 2.24) is 10.6 Å². The molecule has 0 aromatic rings. The molecular weight excluding hydrogens is 232 g/mol. The quantitative estimate of drug-likeness (QED) is 0.705. The van der Waals surface area contributed by atoms with Crippen molar-refractivity contribution >= 4 is 12.0 Å². The molecule has 0 saturated heterocycles. The summed E-state index contributed by atoms with van der Waals surface area (Å²) in [5, 5.41) is 14.8. The number of nitrogens with one attached hydrogen (secondary N) is 2. The van der Waals surface area contributed by atoms with Crippen LogP contribution >= 0.6 is 0 Å². The second-order valence-electron chi connectivity index (χ2n) is 5.84. The van der Waals surface area contributed by atoms with Crippen molar-refractivity contribution < 1.29 is 14.7 Å². The summed E-state index contributed by atoms with van der Waals surface area (Å²) in [6.07, 6.45) is 3.98. The predicted octanol–water partition coefficient (Wildman–Crippen LogP) is 2.12. The van der Waals surface area contributed by atoms with Gasteiger partial charge in [-0.2, -0.15) is 0 Å². The van der Waals surface area contributed by atoms with Gasteiger partial charge in [0.25, 0.3) is 0 Å². The Bertz CT molecular complexity index is 320. The molecule has 0 aliphatic heterocycles. The second-order valence-corrected chi connectivity index (χ2v) is 5.84. The van der Waals surface area contributed by atoms with Gasteiger partial charge in [-0.3, -0.25) is 4.79 Å². The molecule has 0 unspecified atom stereocenters. The fourth-order valence-corrected chi connectivity index (χ4v) is 2.21. The molecule has 1 aliphatic carbocycles. The minimum absolute atomic E-state index is 0.216. The third kappa shape index (κ3) is 3.62. The van der Waals surface area contributed by atoms with Crippen LogP contribution in [0, 0.1) is 5.41 Å². The molecule has 0 spiro atoms. The maximum absolute atomic E-state index is 11.7. The average molecular weight is 256 g/mol. The van der Waals surface area contributed by atoms with Crippen molar-refractivity contribution in [2.24, 2.45) is 5.41 Å². The molecule has 1 fully saturated rings. The van der Waals surface area contributed by atoms with E-state index in [-0.39, 0.29) is 18.1 Å². The van der Waals surface area contributed by atoms with E-state index in [1.54, 1.807) is 0 Å². The predicted molar refractivity (Wildman–Crippen MR) is 69.4 cm³/mol. The van der Waals surface area contributed by atoms with Crippen molar-refractivity contribution in [3.63, 3.8) is 0 Å². The third-order valence-corrected chi connectivity index (χ3v) is 3.94. The number of amides is 2. The molecule has 0 atom stereocenters. The Morgan fingerprint density at radius 3 is 2.28 bits per heavy atom. The number of hydrogen-bond donors (Lipinski definition) is 3. The van der Waals surface area contributed by atoms with Crippen LogP contribution in [-0.2, 0) is 4.79 Å². The van der Waals surface area contributed by atoms with E-state index in [1.165, 1.54) is 0 Å². The SMILES string of the molecule is CCC(C)(C)NC(=O)NCC1(C(=O)O)CCCC1. The highest BCUT2D eigenvalue weighted by atomic mass is 16.4. The fourth-order valence-electron chi connectivity index (χ4n) is 2.21. The molecule has 0 radical (unpaired) electrons. The molecule has 1 saturated carbocycles. The van der Waals surface area contributed by atoms with Gasteiger partial charge in [0.15, 0.2) is 0 Å². The monoisotopic (exact) mass is 256 g/mol. The lowest BCUT2D eigenvalue weighted by Gasteiger charge is -2.27. The number of hydrogen-bond acceptors (Lipinski definition) is 2. The number of urea groups is 1. The van der Waals surface area contributed by atoms with Crippen molar-refractivity contribution in [2.75, 3.05) is 6.54 Å². The topological polar surface area (TPSA) is 78.4 Å². The van der Waals surface area contributed by atoms with Crippen molar-refractivity contribution in [2.45, 2.75) is 58.4 Å². The molecule has 0 aromatic carbocycles. The summed E-state index contributed by atoms with van der Waals surface area (Å²) in [7, 11) is 0. The summed E-state index contributed by atoms with van der Waals surface area (Å²) in [5.74, 6) is -0.796. The number of carboxylic acid groups (broad SMARTS) is 1. The Morgan fingerprint density at radius 2 is 1.83 bits per heavy atom. The van der Waals surface area contributed by atoms with Gasteiger partial charge in [0.1, 0.15) is 0 Å². The van der Waals surface area contributed by atoms with Crippen molar-refractivity contribution in [3.8, 4) is 0 Å². The number of carboxylic acids is 1. The van der Waals surface area contributed by atoms with Crippen LogP contribution in [-0.4, -0.2) is 29.2 Å². The van der Waals surface area contributed by atoms with E-state index in [2.05, 4.69) is 10.6 Å². The van der Waals surface area contributed by atoms with Crippen LogP contribution in [0.2, 0.25) is 0 Å². The largest absolute Gasteiger partial charge is 0.481 e. The van der Waals surface area contributed by atoms with E-state index < -0.39 is 11.4 Å². The Kier molecular flexibility index (Phi) is 4.59. The fraction of sp³-hybridized carbons (Fsp3) is 0.846. The van der Waals surface area contributed by atoms with Gasteiger partial charge in [-0.25, -0.2) is 4.79 Å². The summed E-state index contributed by atoms with van der Waals surface area (Å²) in [6.45, 7) is 6.09. The van der Waals surface area contributed by atoms with Gasteiger partial charge in [0, 0.05) is 12.1 Å². The van der Waals surface area contributed by atoms with E-state index in [0.29, 0.717) is 12.8 Å². The Labute approximate surface area is 108 Å². The minimum atomic E-state index is -0.796. The zero-order chi connectivity index (χ0) is 13.8. The highest BCUT2D eigenvalue weighted by Crippen LogP contribution is 2.37. The molecule has 3 N–H and O–H groups in total. The summed E-state index contributed by atoms with van der Waals surface area (Å²) in [5.41, 5.74) is -1.02. The van der Waals surface area contributed by atoms with Gasteiger partial charge < -0.3 is 15.7 Å². The van der Waals surface area contributed by atoms with Crippen LogP contribution in [0.3, 0.4) is 0 Å². The Balaban J connectivity index is 2.49. The third-order valence-electron chi connectivity index (χ3n) is 3.94. The smallest absolute Gasteiger partial charge is 0.315 e. The second kappa shape index (κ2) is 5.59. The molecule has 0 aromatic heterocycles. The molecule has 5 heteroatoms. The molecule has 18 heavy (non-hydrogen) atoms. The average Bonchev–Trinajstić information content (AvgIpc) is 2.76. The highest BCUT2D eigenvalue weighted by molar-refractivity contribution is 5.78. The lowest BCUT2D eigenvalue weighted by Crippen LogP contribution is -2.51. The van der Waals surface area contributed by atoms with Crippen LogP contribution < -0.4 is 10.6 Å².